The summed E-state index contributed by atoms with van der Waals surface area (Å²) in [7, 11) is -2.22. The fourth-order valence-corrected chi connectivity index (χ4v) is 3.99. The maximum atomic E-state index is 12.6. The van der Waals surface area contributed by atoms with Crippen molar-refractivity contribution >= 4 is 31.9 Å². The first-order chi connectivity index (χ1) is 9.12. The average Bonchev–Trinajstić information content (AvgIpc) is 2.39. The second-order valence-corrected chi connectivity index (χ2v) is 7.49. The van der Waals surface area contributed by atoms with E-state index in [4.69, 9.17) is 5.11 Å². The van der Waals surface area contributed by atoms with E-state index in [0.717, 1.165) is 0 Å². The topological polar surface area (TPSA) is 74.7 Å². The molecule has 1 aromatic rings. The monoisotopic (exact) mass is 363 g/mol. The summed E-state index contributed by atoms with van der Waals surface area (Å²) in [6.45, 7) is 5.35. The molecular formula is C13H18BrNO4S. The largest absolute Gasteiger partial charge is 0.478 e. The molecule has 112 valence electrons. The molecule has 7 heteroatoms. The summed E-state index contributed by atoms with van der Waals surface area (Å²) in [4.78, 5) is 11.1. The molecule has 0 aromatic heterocycles. The van der Waals surface area contributed by atoms with E-state index in [1.54, 1.807) is 6.92 Å². The first-order valence-electron chi connectivity index (χ1n) is 6.14. The summed E-state index contributed by atoms with van der Waals surface area (Å²) in [6, 6.07) is 2.45. The lowest BCUT2D eigenvalue weighted by Gasteiger charge is -2.24. The third kappa shape index (κ3) is 3.21. The zero-order valence-electron chi connectivity index (χ0n) is 11.8. The predicted molar refractivity (Wildman–Crippen MR) is 80.5 cm³/mol. The van der Waals surface area contributed by atoms with Crippen molar-refractivity contribution < 1.29 is 18.3 Å². The lowest BCUT2D eigenvalue weighted by atomic mass is 10.1. The molecule has 1 N–H and O–H groups in total. The maximum absolute atomic E-state index is 12.6. The first kappa shape index (κ1) is 17.1. The van der Waals surface area contributed by atoms with Crippen molar-refractivity contribution in [1.82, 2.24) is 4.31 Å². The fourth-order valence-electron chi connectivity index (χ4n) is 1.69. The van der Waals surface area contributed by atoms with Gasteiger partial charge in [-0.25, -0.2) is 13.2 Å². The standard InChI is InChI=1S/C13H18BrNO4S/c1-5-8(2)15(4)20(18,19)12-7-10(13(16)17)6-11(14)9(12)3/h6-8H,5H2,1-4H3,(H,16,17). The van der Waals surface area contributed by atoms with E-state index in [1.807, 2.05) is 13.8 Å². The smallest absolute Gasteiger partial charge is 0.335 e. The van der Waals surface area contributed by atoms with Crippen molar-refractivity contribution in [3.05, 3.63) is 27.7 Å². The van der Waals surface area contributed by atoms with Gasteiger partial charge in [-0.3, -0.25) is 0 Å². The van der Waals surface area contributed by atoms with E-state index in [0.29, 0.717) is 16.5 Å². The van der Waals surface area contributed by atoms with E-state index in [1.165, 1.54) is 23.5 Å². The molecule has 0 aliphatic rings. The first-order valence-corrected chi connectivity index (χ1v) is 8.37. The van der Waals surface area contributed by atoms with Crippen LogP contribution in [0.15, 0.2) is 21.5 Å². The minimum Gasteiger partial charge on any atom is -0.478 e. The van der Waals surface area contributed by atoms with Crippen LogP contribution in [0, 0.1) is 6.92 Å². The Balaban J connectivity index is 3.49. The van der Waals surface area contributed by atoms with Crippen LogP contribution in [0.2, 0.25) is 0 Å². The summed E-state index contributed by atoms with van der Waals surface area (Å²) >= 11 is 3.21. The lowest BCUT2D eigenvalue weighted by Crippen LogP contribution is -2.35. The van der Waals surface area contributed by atoms with Crippen molar-refractivity contribution in [3.8, 4) is 0 Å². The molecule has 0 heterocycles. The Bertz CT molecular complexity index is 628. The highest BCUT2D eigenvalue weighted by Crippen LogP contribution is 2.28. The van der Waals surface area contributed by atoms with Crippen molar-refractivity contribution in [2.24, 2.45) is 0 Å². The van der Waals surface area contributed by atoms with Crippen LogP contribution in [0.5, 0.6) is 0 Å². The molecule has 0 bridgehead atoms. The summed E-state index contributed by atoms with van der Waals surface area (Å²) in [6.07, 6.45) is 0.675. The van der Waals surface area contributed by atoms with Crippen LogP contribution in [-0.4, -0.2) is 36.9 Å². The minimum atomic E-state index is -3.72. The van der Waals surface area contributed by atoms with Gasteiger partial charge in [0.25, 0.3) is 0 Å². The molecular weight excluding hydrogens is 346 g/mol. The highest BCUT2D eigenvalue weighted by molar-refractivity contribution is 9.10. The summed E-state index contributed by atoms with van der Waals surface area (Å²) < 4.78 is 26.9. The van der Waals surface area contributed by atoms with E-state index in [-0.39, 0.29) is 16.5 Å². The van der Waals surface area contributed by atoms with Gasteiger partial charge in [-0.2, -0.15) is 4.31 Å². The number of carbonyl (C=O) groups is 1. The number of rotatable bonds is 5. The van der Waals surface area contributed by atoms with Gasteiger partial charge in [0.05, 0.1) is 10.5 Å². The third-order valence-corrected chi connectivity index (χ3v) is 6.33. The second kappa shape index (κ2) is 6.24. The second-order valence-electron chi connectivity index (χ2n) is 4.66. The predicted octanol–water partition coefficient (Wildman–Crippen LogP) is 2.87. The molecule has 1 unspecified atom stereocenters. The van der Waals surface area contributed by atoms with Crippen molar-refractivity contribution in [2.75, 3.05) is 7.05 Å². The van der Waals surface area contributed by atoms with Crippen molar-refractivity contribution in [2.45, 2.75) is 38.1 Å². The van der Waals surface area contributed by atoms with Crippen LogP contribution in [0.25, 0.3) is 0 Å². The quantitative estimate of drug-likeness (QED) is 0.872. The Hall–Kier alpha value is -0.920. The van der Waals surface area contributed by atoms with Crippen molar-refractivity contribution in [3.63, 3.8) is 0 Å². The molecule has 0 aliphatic carbocycles. The van der Waals surface area contributed by atoms with Crippen LogP contribution in [0.4, 0.5) is 0 Å². The molecule has 1 atom stereocenters. The van der Waals surface area contributed by atoms with E-state index < -0.39 is 16.0 Å². The fraction of sp³-hybridized carbons (Fsp3) is 0.462. The minimum absolute atomic E-state index is 0.0204. The molecule has 0 aliphatic heterocycles. The Morgan fingerprint density at radius 2 is 2.00 bits per heavy atom. The Morgan fingerprint density at radius 1 is 1.45 bits per heavy atom. The average molecular weight is 364 g/mol. The number of halogens is 1. The normalized spacial score (nSPS) is 13.5. The molecule has 0 fully saturated rings. The van der Waals surface area contributed by atoms with Gasteiger partial charge in [0.1, 0.15) is 0 Å². The van der Waals surface area contributed by atoms with E-state index in [2.05, 4.69) is 15.9 Å². The zero-order chi connectivity index (χ0) is 15.7. The lowest BCUT2D eigenvalue weighted by molar-refractivity contribution is 0.0696. The molecule has 5 nitrogen and oxygen atoms in total. The number of hydrogen-bond donors (Lipinski definition) is 1. The highest BCUT2D eigenvalue weighted by Gasteiger charge is 2.28. The summed E-state index contributed by atoms with van der Waals surface area (Å²) in [5.74, 6) is -1.16. The van der Waals surface area contributed by atoms with Gasteiger partial charge in [0.2, 0.25) is 10.0 Å². The molecule has 0 spiro atoms. The summed E-state index contributed by atoms with van der Waals surface area (Å²) in [5, 5.41) is 9.06. The molecule has 0 saturated carbocycles. The van der Waals surface area contributed by atoms with Crippen LogP contribution < -0.4 is 0 Å². The Morgan fingerprint density at radius 3 is 2.45 bits per heavy atom. The molecule has 20 heavy (non-hydrogen) atoms. The Kier molecular flexibility index (Phi) is 5.34. The number of carboxylic acids is 1. The third-order valence-electron chi connectivity index (χ3n) is 3.41. The number of hydrogen-bond acceptors (Lipinski definition) is 3. The zero-order valence-corrected chi connectivity index (χ0v) is 14.2. The van der Waals surface area contributed by atoms with Gasteiger partial charge in [0, 0.05) is 17.6 Å². The van der Waals surface area contributed by atoms with Gasteiger partial charge in [-0.05, 0) is 38.0 Å². The number of nitrogens with zero attached hydrogens (tertiary/aromatic N) is 1. The van der Waals surface area contributed by atoms with Crippen LogP contribution >= 0.6 is 15.9 Å². The van der Waals surface area contributed by atoms with Gasteiger partial charge < -0.3 is 5.11 Å². The van der Waals surface area contributed by atoms with E-state index in [9.17, 15) is 13.2 Å². The molecule has 1 aromatic carbocycles. The molecule has 1 rings (SSSR count). The summed E-state index contributed by atoms with van der Waals surface area (Å²) in [5.41, 5.74) is 0.448. The number of carboxylic acid groups (broad SMARTS) is 1. The molecule has 0 radical (unpaired) electrons. The van der Waals surface area contributed by atoms with Gasteiger partial charge in [0.15, 0.2) is 0 Å². The van der Waals surface area contributed by atoms with Crippen LogP contribution in [-0.2, 0) is 10.0 Å². The Labute approximate surface area is 127 Å². The van der Waals surface area contributed by atoms with Gasteiger partial charge >= 0.3 is 5.97 Å². The van der Waals surface area contributed by atoms with Crippen LogP contribution in [0.1, 0.15) is 36.2 Å². The SMILES string of the molecule is CCC(C)N(C)S(=O)(=O)c1cc(C(=O)O)cc(Br)c1C. The van der Waals surface area contributed by atoms with Gasteiger partial charge in [-0.15, -0.1) is 0 Å². The van der Waals surface area contributed by atoms with Crippen molar-refractivity contribution in [1.29, 1.82) is 0 Å². The molecule has 0 amide bonds. The maximum Gasteiger partial charge on any atom is 0.335 e. The van der Waals surface area contributed by atoms with Crippen LogP contribution in [0.3, 0.4) is 0 Å². The number of aromatic carboxylic acids is 1. The number of benzene rings is 1. The molecule has 0 saturated heterocycles. The number of sulfonamides is 1. The highest BCUT2D eigenvalue weighted by atomic mass is 79.9. The van der Waals surface area contributed by atoms with Gasteiger partial charge in [-0.1, -0.05) is 22.9 Å². The van der Waals surface area contributed by atoms with E-state index >= 15 is 0 Å².